The van der Waals surface area contributed by atoms with E-state index in [1.807, 2.05) is 30.6 Å². The zero-order valence-electron chi connectivity index (χ0n) is 19.0. The number of fused-ring (bicyclic) bond motifs is 1. The second-order valence-corrected chi connectivity index (χ2v) is 9.13. The van der Waals surface area contributed by atoms with Crippen LogP contribution in [0, 0.1) is 5.92 Å². The van der Waals surface area contributed by atoms with Gasteiger partial charge in [0.15, 0.2) is 0 Å². The predicted octanol–water partition coefficient (Wildman–Crippen LogP) is 4.48. The Morgan fingerprint density at radius 1 is 1.16 bits per heavy atom. The van der Waals surface area contributed by atoms with Gasteiger partial charge in [0.05, 0.1) is 23.0 Å². The molecule has 168 valence electrons. The van der Waals surface area contributed by atoms with Crippen LogP contribution < -0.4 is 10.6 Å². The van der Waals surface area contributed by atoms with E-state index in [0.717, 1.165) is 48.0 Å². The average molecular weight is 434 g/mol. The molecular formula is C25H31N5O2. The molecular weight excluding hydrogens is 402 g/mol. The summed E-state index contributed by atoms with van der Waals surface area (Å²) in [6.07, 6.45) is 11.6. The summed E-state index contributed by atoms with van der Waals surface area (Å²) >= 11 is 0. The predicted molar refractivity (Wildman–Crippen MR) is 126 cm³/mol. The number of amides is 1. The van der Waals surface area contributed by atoms with Crippen molar-refractivity contribution in [3.05, 3.63) is 48.5 Å². The molecule has 0 aliphatic heterocycles. The fourth-order valence-corrected chi connectivity index (χ4v) is 4.54. The number of carbonyl (C=O) groups is 2. The van der Waals surface area contributed by atoms with Gasteiger partial charge in [0.2, 0.25) is 0 Å². The summed E-state index contributed by atoms with van der Waals surface area (Å²) in [7, 11) is 0. The second-order valence-electron chi connectivity index (χ2n) is 9.13. The van der Waals surface area contributed by atoms with E-state index in [-0.39, 0.29) is 23.8 Å². The van der Waals surface area contributed by atoms with Crippen molar-refractivity contribution in [3.8, 4) is 11.1 Å². The van der Waals surface area contributed by atoms with E-state index in [4.69, 9.17) is 0 Å². The second kappa shape index (κ2) is 9.51. The molecule has 1 fully saturated rings. The van der Waals surface area contributed by atoms with Crippen molar-refractivity contribution >= 4 is 22.9 Å². The van der Waals surface area contributed by atoms with Crippen molar-refractivity contribution in [1.82, 2.24) is 19.9 Å². The molecule has 0 unspecified atom stereocenters. The number of aromatic nitrogens is 3. The van der Waals surface area contributed by atoms with Crippen LogP contribution >= 0.6 is 0 Å². The largest absolute Gasteiger partial charge is 0.380 e. The van der Waals surface area contributed by atoms with Crippen molar-refractivity contribution in [3.63, 3.8) is 0 Å². The maximum atomic E-state index is 13.2. The fourth-order valence-electron chi connectivity index (χ4n) is 4.54. The van der Waals surface area contributed by atoms with Crippen LogP contribution in [0.2, 0.25) is 0 Å². The molecule has 0 aromatic carbocycles. The van der Waals surface area contributed by atoms with Crippen LogP contribution in [0.3, 0.4) is 0 Å². The Morgan fingerprint density at radius 3 is 2.59 bits per heavy atom. The summed E-state index contributed by atoms with van der Waals surface area (Å²) in [6.45, 7) is 5.77. The summed E-state index contributed by atoms with van der Waals surface area (Å²) in [6, 6.07) is 6.24. The Kier molecular flexibility index (Phi) is 6.53. The van der Waals surface area contributed by atoms with Gasteiger partial charge >= 0.3 is 0 Å². The van der Waals surface area contributed by atoms with E-state index in [9.17, 15) is 9.59 Å². The number of hydrogen-bond donors (Lipinski definition) is 2. The lowest BCUT2D eigenvalue weighted by atomic mass is 9.83. The molecule has 1 aliphatic carbocycles. The summed E-state index contributed by atoms with van der Waals surface area (Å²) in [5.74, 6) is 0.588. The minimum Gasteiger partial charge on any atom is -0.380 e. The number of carbonyl (C=O) groups excluding carboxylic acids is 2. The van der Waals surface area contributed by atoms with Gasteiger partial charge in [0, 0.05) is 48.2 Å². The highest BCUT2D eigenvalue weighted by molar-refractivity contribution is 6.03. The number of pyridine rings is 1. The number of hydrogen-bond acceptors (Lipinski definition) is 5. The van der Waals surface area contributed by atoms with Crippen molar-refractivity contribution in [2.75, 3.05) is 5.32 Å². The van der Waals surface area contributed by atoms with E-state index >= 15 is 0 Å². The highest BCUT2D eigenvalue weighted by atomic mass is 16.1. The van der Waals surface area contributed by atoms with Crippen molar-refractivity contribution in [2.45, 2.75) is 65.0 Å². The standard InChI is InChI=1S/C25H31N5O2/c1-16(2)28-24-22(25(32)29-21-8-6-18(7-9-21)11-17(3)31)14-27-30-15-20(12-23(24)30)19-5-4-10-26-13-19/h4-5,10,12-16,18,21,28H,6-9,11H2,1-3H3,(H,29,32). The lowest BCUT2D eigenvalue weighted by Gasteiger charge is -2.29. The Bertz CT molecular complexity index is 1100. The molecule has 3 aromatic rings. The van der Waals surface area contributed by atoms with Gasteiger partial charge in [-0.05, 0) is 64.5 Å². The van der Waals surface area contributed by atoms with Crippen LogP contribution in [0.4, 0.5) is 5.69 Å². The fraction of sp³-hybridized carbons (Fsp3) is 0.440. The Labute approximate surface area is 188 Å². The lowest BCUT2D eigenvalue weighted by molar-refractivity contribution is -0.118. The van der Waals surface area contributed by atoms with Crippen LogP contribution in [0.5, 0.6) is 0 Å². The molecule has 0 bridgehead atoms. The molecule has 0 atom stereocenters. The van der Waals surface area contributed by atoms with Gasteiger partial charge in [0.1, 0.15) is 5.78 Å². The number of ketones is 1. The van der Waals surface area contributed by atoms with Crippen molar-refractivity contribution in [2.24, 2.45) is 5.92 Å². The highest BCUT2D eigenvalue weighted by Crippen LogP contribution is 2.30. The average Bonchev–Trinajstić information content (AvgIpc) is 3.20. The smallest absolute Gasteiger partial charge is 0.255 e. The summed E-state index contributed by atoms with van der Waals surface area (Å²) in [5, 5.41) is 11.2. The van der Waals surface area contributed by atoms with Crippen LogP contribution in [0.25, 0.3) is 16.6 Å². The first kappa shape index (κ1) is 22.0. The maximum Gasteiger partial charge on any atom is 0.255 e. The normalized spacial score (nSPS) is 18.6. The molecule has 32 heavy (non-hydrogen) atoms. The zero-order chi connectivity index (χ0) is 22.7. The summed E-state index contributed by atoms with van der Waals surface area (Å²) < 4.78 is 1.80. The van der Waals surface area contributed by atoms with Gasteiger partial charge < -0.3 is 15.4 Å². The number of Topliss-reactive ketones (excluding diaryl/α,β-unsaturated/α-hetero) is 1. The van der Waals surface area contributed by atoms with Gasteiger partial charge in [-0.1, -0.05) is 6.07 Å². The van der Waals surface area contributed by atoms with Crippen LogP contribution in [-0.4, -0.2) is 38.4 Å². The maximum absolute atomic E-state index is 13.2. The van der Waals surface area contributed by atoms with Gasteiger partial charge in [-0.15, -0.1) is 0 Å². The first-order valence-electron chi connectivity index (χ1n) is 11.4. The third kappa shape index (κ3) is 4.98. The Balaban J connectivity index is 1.57. The quantitative estimate of drug-likeness (QED) is 0.573. The summed E-state index contributed by atoms with van der Waals surface area (Å²) in [4.78, 5) is 28.8. The molecule has 0 spiro atoms. The molecule has 1 aliphatic rings. The molecule has 0 saturated heterocycles. The minimum absolute atomic E-state index is 0.109. The Morgan fingerprint density at radius 2 is 1.94 bits per heavy atom. The molecule has 1 saturated carbocycles. The molecule has 0 radical (unpaired) electrons. The van der Waals surface area contributed by atoms with Crippen molar-refractivity contribution < 1.29 is 9.59 Å². The van der Waals surface area contributed by atoms with Gasteiger partial charge in [-0.2, -0.15) is 5.10 Å². The minimum atomic E-state index is -0.109. The van der Waals surface area contributed by atoms with Crippen molar-refractivity contribution in [1.29, 1.82) is 0 Å². The van der Waals surface area contributed by atoms with Crippen LogP contribution in [-0.2, 0) is 4.79 Å². The van der Waals surface area contributed by atoms with Crippen LogP contribution in [0.1, 0.15) is 63.2 Å². The molecule has 4 rings (SSSR count). The topological polar surface area (TPSA) is 88.4 Å². The van der Waals surface area contributed by atoms with Gasteiger partial charge in [-0.3, -0.25) is 9.78 Å². The van der Waals surface area contributed by atoms with E-state index < -0.39 is 0 Å². The molecule has 2 N–H and O–H groups in total. The zero-order valence-corrected chi connectivity index (χ0v) is 19.0. The van der Waals surface area contributed by atoms with Crippen LogP contribution in [0.15, 0.2) is 43.0 Å². The first-order chi connectivity index (χ1) is 15.4. The van der Waals surface area contributed by atoms with E-state index in [1.54, 1.807) is 23.8 Å². The SMILES string of the molecule is CC(=O)CC1CCC(NC(=O)c2cnn3cc(-c4cccnc4)cc3c2NC(C)C)CC1. The number of nitrogens with one attached hydrogen (secondary N) is 2. The molecule has 7 heteroatoms. The monoisotopic (exact) mass is 433 g/mol. The highest BCUT2D eigenvalue weighted by Gasteiger charge is 2.25. The number of anilines is 1. The molecule has 3 heterocycles. The number of nitrogens with zero attached hydrogens (tertiary/aromatic N) is 3. The van der Waals surface area contributed by atoms with E-state index in [0.29, 0.717) is 17.9 Å². The Hall–Kier alpha value is -3.22. The third-order valence-corrected chi connectivity index (χ3v) is 6.07. The number of rotatable bonds is 7. The first-order valence-corrected chi connectivity index (χ1v) is 11.4. The van der Waals surface area contributed by atoms with Gasteiger partial charge in [0.25, 0.3) is 5.91 Å². The third-order valence-electron chi connectivity index (χ3n) is 6.07. The summed E-state index contributed by atoms with van der Waals surface area (Å²) in [5.41, 5.74) is 4.19. The van der Waals surface area contributed by atoms with E-state index in [2.05, 4.69) is 34.6 Å². The molecule has 3 aromatic heterocycles. The van der Waals surface area contributed by atoms with E-state index in [1.165, 1.54) is 0 Å². The molecule has 1 amide bonds. The lowest BCUT2D eigenvalue weighted by Crippen LogP contribution is -2.38. The molecule has 7 nitrogen and oxygen atoms in total. The van der Waals surface area contributed by atoms with Gasteiger partial charge in [-0.25, -0.2) is 4.52 Å².